The van der Waals surface area contributed by atoms with Gasteiger partial charge in [0.15, 0.2) is 5.82 Å². The lowest BCUT2D eigenvalue weighted by molar-refractivity contribution is 0.551. The zero-order valence-corrected chi connectivity index (χ0v) is 9.84. The van der Waals surface area contributed by atoms with E-state index in [0.717, 1.165) is 23.1 Å². The van der Waals surface area contributed by atoms with Crippen molar-refractivity contribution >= 4 is 0 Å². The highest BCUT2D eigenvalue weighted by molar-refractivity contribution is 5.54. The Labute approximate surface area is 99.5 Å². The molecule has 0 aliphatic carbocycles. The molecular formula is C12H16N4O. The van der Waals surface area contributed by atoms with E-state index < -0.39 is 0 Å². The van der Waals surface area contributed by atoms with Gasteiger partial charge in [0.1, 0.15) is 0 Å². The summed E-state index contributed by atoms with van der Waals surface area (Å²) in [5.74, 6) is 6.23. The summed E-state index contributed by atoms with van der Waals surface area (Å²) < 4.78 is 2.52. The minimum Gasteiger partial charge on any atom is -0.333 e. The number of aryl methyl sites for hydroxylation is 1. The van der Waals surface area contributed by atoms with E-state index in [4.69, 9.17) is 5.84 Å². The highest BCUT2D eigenvalue weighted by Crippen LogP contribution is 2.12. The summed E-state index contributed by atoms with van der Waals surface area (Å²) in [6, 6.07) is 9.47. The molecule has 0 unspecified atom stereocenters. The highest BCUT2D eigenvalue weighted by Gasteiger charge is 2.11. The number of nitrogens with two attached hydrogens (primary N) is 1. The Morgan fingerprint density at radius 3 is 2.65 bits per heavy atom. The van der Waals surface area contributed by atoms with Crippen LogP contribution in [-0.4, -0.2) is 14.5 Å². The van der Waals surface area contributed by atoms with Crippen LogP contribution in [0.1, 0.15) is 19.8 Å². The van der Waals surface area contributed by atoms with Gasteiger partial charge in [0.2, 0.25) is 0 Å². The normalized spacial score (nSPS) is 10.6. The fourth-order valence-corrected chi connectivity index (χ4v) is 1.66. The fourth-order valence-electron chi connectivity index (χ4n) is 1.66. The van der Waals surface area contributed by atoms with Gasteiger partial charge in [0.25, 0.3) is 0 Å². The zero-order chi connectivity index (χ0) is 12.3. The van der Waals surface area contributed by atoms with Gasteiger partial charge in [-0.05, 0) is 6.42 Å². The van der Waals surface area contributed by atoms with Crippen molar-refractivity contribution in [3.8, 4) is 11.4 Å². The number of unbranched alkanes of at least 4 members (excludes halogenated alkanes) is 1. The third-order valence-corrected chi connectivity index (χ3v) is 2.63. The lowest BCUT2D eigenvalue weighted by atomic mass is 10.2. The zero-order valence-electron chi connectivity index (χ0n) is 9.84. The SMILES string of the molecule is CCCCn1nc(-c2ccccc2)n(N)c1=O. The van der Waals surface area contributed by atoms with Crippen LogP contribution in [0, 0.1) is 0 Å². The Bertz CT molecular complexity index is 541. The second-order valence-corrected chi connectivity index (χ2v) is 3.92. The smallest absolute Gasteiger partial charge is 0.333 e. The summed E-state index contributed by atoms with van der Waals surface area (Å²) in [4.78, 5) is 11.8. The van der Waals surface area contributed by atoms with E-state index in [2.05, 4.69) is 12.0 Å². The van der Waals surface area contributed by atoms with Gasteiger partial charge in [0.05, 0.1) is 0 Å². The van der Waals surface area contributed by atoms with Crippen LogP contribution in [0.3, 0.4) is 0 Å². The summed E-state index contributed by atoms with van der Waals surface area (Å²) in [6.07, 6.45) is 1.94. The molecule has 0 radical (unpaired) electrons. The topological polar surface area (TPSA) is 65.8 Å². The van der Waals surface area contributed by atoms with Crippen LogP contribution in [0.5, 0.6) is 0 Å². The van der Waals surface area contributed by atoms with Crippen LogP contribution >= 0.6 is 0 Å². The number of nitrogen functional groups attached to an aromatic ring is 1. The second kappa shape index (κ2) is 4.86. The van der Waals surface area contributed by atoms with Crippen molar-refractivity contribution in [2.45, 2.75) is 26.3 Å². The molecule has 0 atom stereocenters. The first-order valence-electron chi connectivity index (χ1n) is 5.74. The van der Waals surface area contributed by atoms with Crippen molar-refractivity contribution < 1.29 is 0 Å². The number of hydrogen-bond acceptors (Lipinski definition) is 3. The lowest BCUT2D eigenvalue weighted by Gasteiger charge is -1.97. The molecule has 90 valence electrons. The van der Waals surface area contributed by atoms with E-state index in [-0.39, 0.29) is 5.69 Å². The molecule has 1 heterocycles. The number of nitrogens with zero attached hydrogens (tertiary/aromatic N) is 3. The molecule has 1 aromatic carbocycles. The lowest BCUT2D eigenvalue weighted by Crippen LogP contribution is -2.30. The van der Waals surface area contributed by atoms with Crippen LogP contribution in [-0.2, 0) is 6.54 Å². The molecule has 17 heavy (non-hydrogen) atoms. The number of hydrogen-bond donors (Lipinski definition) is 1. The summed E-state index contributed by atoms with van der Waals surface area (Å²) in [7, 11) is 0. The molecule has 5 heteroatoms. The minimum absolute atomic E-state index is 0.266. The molecule has 5 nitrogen and oxygen atoms in total. The van der Waals surface area contributed by atoms with Crippen molar-refractivity contribution in [2.24, 2.45) is 0 Å². The van der Waals surface area contributed by atoms with E-state index in [1.807, 2.05) is 30.3 Å². The Morgan fingerprint density at radius 2 is 2.00 bits per heavy atom. The quantitative estimate of drug-likeness (QED) is 0.806. The standard InChI is InChI=1S/C12H16N4O/c1-2-3-9-15-12(17)16(13)11(14-15)10-7-5-4-6-8-10/h4-8H,2-3,9,13H2,1H3. The molecule has 2 rings (SSSR count). The molecule has 0 saturated heterocycles. The van der Waals surface area contributed by atoms with Gasteiger partial charge < -0.3 is 5.84 Å². The third kappa shape index (κ3) is 2.22. The first kappa shape index (κ1) is 11.4. The van der Waals surface area contributed by atoms with E-state index in [9.17, 15) is 4.79 Å². The molecule has 0 fully saturated rings. The van der Waals surface area contributed by atoms with E-state index in [1.165, 1.54) is 4.68 Å². The maximum absolute atomic E-state index is 11.8. The van der Waals surface area contributed by atoms with Crippen molar-refractivity contribution in [3.63, 3.8) is 0 Å². The Morgan fingerprint density at radius 1 is 1.29 bits per heavy atom. The van der Waals surface area contributed by atoms with E-state index in [1.54, 1.807) is 0 Å². The van der Waals surface area contributed by atoms with Crippen molar-refractivity contribution in [1.82, 2.24) is 14.5 Å². The molecule has 0 amide bonds. The third-order valence-electron chi connectivity index (χ3n) is 2.63. The van der Waals surface area contributed by atoms with Crippen molar-refractivity contribution in [1.29, 1.82) is 0 Å². The second-order valence-electron chi connectivity index (χ2n) is 3.92. The Hall–Kier alpha value is -2.04. The Kier molecular flexibility index (Phi) is 3.27. The number of rotatable bonds is 4. The van der Waals surface area contributed by atoms with Gasteiger partial charge in [0, 0.05) is 12.1 Å². The van der Waals surface area contributed by atoms with Gasteiger partial charge in [-0.3, -0.25) is 0 Å². The highest BCUT2D eigenvalue weighted by atomic mass is 16.2. The van der Waals surface area contributed by atoms with Crippen LogP contribution < -0.4 is 11.5 Å². The predicted octanol–water partition coefficient (Wildman–Crippen LogP) is 1.23. The molecule has 0 bridgehead atoms. The average Bonchev–Trinajstić information content (AvgIpc) is 2.65. The molecule has 0 saturated carbocycles. The van der Waals surface area contributed by atoms with Gasteiger partial charge in [-0.25, -0.2) is 9.48 Å². The number of aromatic nitrogens is 3. The first-order chi connectivity index (χ1) is 8.24. The summed E-state index contributed by atoms with van der Waals surface area (Å²) >= 11 is 0. The van der Waals surface area contributed by atoms with Crippen molar-refractivity contribution in [2.75, 3.05) is 5.84 Å². The first-order valence-corrected chi connectivity index (χ1v) is 5.74. The maximum Gasteiger partial charge on any atom is 0.364 e. The molecule has 2 N–H and O–H groups in total. The molecular weight excluding hydrogens is 216 g/mol. The van der Waals surface area contributed by atoms with Crippen LogP contribution in [0.15, 0.2) is 35.1 Å². The van der Waals surface area contributed by atoms with E-state index in [0.29, 0.717) is 12.4 Å². The average molecular weight is 232 g/mol. The van der Waals surface area contributed by atoms with Gasteiger partial charge in [-0.15, -0.1) is 5.10 Å². The fraction of sp³-hybridized carbons (Fsp3) is 0.333. The van der Waals surface area contributed by atoms with Crippen LogP contribution in [0.4, 0.5) is 0 Å². The molecule has 1 aromatic heterocycles. The predicted molar refractivity (Wildman–Crippen MR) is 67.0 cm³/mol. The summed E-state index contributed by atoms with van der Waals surface area (Å²) in [5, 5.41) is 4.26. The maximum atomic E-state index is 11.8. The monoisotopic (exact) mass is 232 g/mol. The molecule has 0 aliphatic heterocycles. The number of benzene rings is 1. The Balaban J connectivity index is 2.40. The molecule has 0 aliphatic rings. The van der Waals surface area contributed by atoms with Crippen molar-refractivity contribution in [3.05, 3.63) is 40.8 Å². The molecule has 0 spiro atoms. The van der Waals surface area contributed by atoms with E-state index >= 15 is 0 Å². The summed E-state index contributed by atoms with van der Waals surface area (Å²) in [5.41, 5.74) is 0.583. The van der Waals surface area contributed by atoms with Gasteiger partial charge >= 0.3 is 5.69 Å². The van der Waals surface area contributed by atoms with Gasteiger partial charge in [-0.2, -0.15) is 4.68 Å². The van der Waals surface area contributed by atoms with Crippen LogP contribution in [0.2, 0.25) is 0 Å². The molecule has 2 aromatic rings. The largest absolute Gasteiger partial charge is 0.364 e. The summed E-state index contributed by atoms with van der Waals surface area (Å²) in [6.45, 7) is 2.68. The minimum atomic E-state index is -0.266. The van der Waals surface area contributed by atoms with Crippen LogP contribution in [0.25, 0.3) is 11.4 Å². The van der Waals surface area contributed by atoms with Gasteiger partial charge in [-0.1, -0.05) is 43.7 Å².